The summed E-state index contributed by atoms with van der Waals surface area (Å²) in [5.41, 5.74) is 2.27. The topological polar surface area (TPSA) is 75.3 Å². The van der Waals surface area contributed by atoms with E-state index in [9.17, 15) is 19.2 Å². The number of aromatic nitrogens is 1. The number of benzene rings is 2. The van der Waals surface area contributed by atoms with Gasteiger partial charge in [-0.3, -0.25) is 4.79 Å². The Balaban J connectivity index is 0.000000444. The normalized spacial score (nSPS) is 16.3. The average molecular weight is 490 g/mol. The van der Waals surface area contributed by atoms with Crippen LogP contribution in [0.1, 0.15) is 45.2 Å². The minimum absolute atomic E-state index is 0.0508. The molecule has 4 rings (SSSR count). The molecule has 0 N–H and O–H groups in total. The molecule has 1 amide bonds. The number of hydrogen-bond acceptors (Lipinski definition) is 4. The lowest BCUT2D eigenvalue weighted by Crippen LogP contribution is -2.44. The summed E-state index contributed by atoms with van der Waals surface area (Å²) in [6.45, 7) is 6.30. The van der Waals surface area contributed by atoms with E-state index in [1.165, 1.54) is 16.7 Å². The van der Waals surface area contributed by atoms with Crippen LogP contribution in [-0.4, -0.2) is 28.2 Å². The first-order valence-corrected chi connectivity index (χ1v) is 12.0. The van der Waals surface area contributed by atoms with Gasteiger partial charge in [0.15, 0.2) is 0 Å². The lowest BCUT2D eigenvalue weighted by Gasteiger charge is -2.37. The summed E-state index contributed by atoms with van der Waals surface area (Å²) in [4.78, 5) is 26.1. The molecular weight excluding hydrogens is 457 g/mol. The van der Waals surface area contributed by atoms with Crippen molar-refractivity contribution in [2.24, 2.45) is 12.5 Å². The summed E-state index contributed by atoms with van der Waals surface area (Å²) in [6, 6.07) is 21.5. The molecule has 2 heterocycles. The average Bonchev–Trinajstić information content (AvgIpc) is 2.86. The van der Waals surface area contributed by atoms with Crippen molar-refractivity contribution in [3.8, 4) is 17.2 Å². The van der Waals surface area contributed by atoms with E-state index in [0.717, 1.165) is 16.7 Å². The number of amides is 1. The van der Waals surface area contributed by atoms with E-state index in [0.29, 0.717) is 19.4 Å². The predicted octanol–water partition coefficient (Wildman–Crippen LogP) is 6.09. The van der Waals surface area contributed by atoms with Gasteiger partial charge in [0.1, 0.15) is 11.9 Å². The predicted molar refractivity (Wildman–Crippen MR) is 138 cm³/mol. The van der Waals surface area contributed by atoms with Crippen LogP contribution in [0.5, 0.6) is 0 Å². The number of carbonyl (C=O) groups excluding carboxylic acids is 1. The van der Waals surface area contributed by atoms with E-state index in [1.807, 2.05) is 51.1 Å². The number of nitriles is 1. The quantitative estimate of drug-likeness (QED) is 0.435. The van der Waals surface area contributed by atoms with Crippen molar-refractivity contribution in [3.63, 3.8) is 0 Å². The standard InChI is InChI=1S/C23H27N3O3.C6H5F/c1-16(26-12-10-20(29-22(26)28)14-23(2,3)15-24)17-5-7-18(8-6-17)19-9-11-25(4)21(27)13-19;7-6-4-2-1-3-5-6/h5-9,11,13,16,20H,10,12,14H2,1-4H3;1-5H. The van der Waals surface area contributed by atoms with Gasteiger partial charge in [0.2, 0.25) is 0 Å². The molecule has 0 bridgehead atoms. The SMILES string of the molecule is CC(c1ccc(-c2ccn(C)c(=O)c2)cc1)N1CCC(CC(C)(C)C#N)OC1=O.Fc1ccccc1. The smallest absolute Gasteiger partial charge is 0.410 e. The van der Waals surface area contributed by atoms with Crippen molar-refractivity contribution < 1.29 is 13.9 Å². The van der Waals surface area contributed by atoms with Gasteiger partial charge in [-0.1, -0.05) is 42.5 Å². The van der Waals surface area contributed by atoms with E-state index in [4.69, 9.17) is 4.74 Å². The number of ether oxygens (including phenoxy) is 1. The van der Waals surface area contributed by atoms with Crippen LogP contribution in [0.4, 0.5) is 9.18 Å². The Morgan fingerprint density at radius 3 is 2.28 bits per heavy atom. The Hall–Kier alpha value is -3.92. The van der Waals surface area contributed by atoms with Gasteiger partial charge >= 0.3 is 6.09 Å². The molecule has 0 saturated carbocycles. The highest BCUT2D eigenvalue weighted by atomic mass is 19.1. The second-order valence-corrected chi connectivity index (χ2v) is 9.65. The Morgan fingerprint density at radius 1 is 1.08 bits per heavy atom. The second kappa shape index (κ2) is 11.7. The molecule has 3 aromatic rings. The number of nitrogens with zero attached hydrogens (tertiary/aromatic N) is 3. The van der Waals surface area contributed by atoms with Gasteiger partial charge in [-0.25, -0.2) is 9.18 Å². The van der Waals surface area contributed by atoms with Crippen LogP contribution in [0.3, 0.4) is 0 Å². The third-order valence-corrected chi connectivity index (χ3v) is 6.27. The van der Waals surface area contributed by atoms with Crippen molar-refractivity contribution in [1.29, 1.82) is 5.26 Å². The first-order chi connectivity index (χ1) is 17.1. The summed E-state index contributed by atoms with van der Waals surface area (Å²) in [6.07, 6.45) is 2.46. The Bertz CT molecular complexity index is 1260. The van der Waals surface area contributed by atoms with Crippen molar-refractivity contribution in [3.05, 3.63) is 94.7 Å². The summed E-state index contributed by atoms with van der Waals surface area (Å²) in [5, 5.41) is 9.19. The number of carbonyl (C=O) groups is 1. The fourth-order valence-corrected chi connectivity index (χ4v) is 4.03. The number of hydrogen-bond donors (Lipinski definition) is 0. The van der Waals surface area contributed by atoms with Gasteiger partial charge < -0.3 is 14.2 Å². The van der Waals surface area contributed by atoms with Crippen LogP contribution in [0.25, 0.3) is 11.1 Å². The van der Waals surface area contributed by atoms with Gasteiger partial charge in [-0.2, -0.15) is 5.26 Å². The summed E-state index contributed by atoms with van der Waals surface area (Å²) in [7, 11) is 1.72. The van der Waals surface area contributed by atoms with Crippen LogP contribution in [0.2, 0.25) is 0 Å². The van der Waals surface area contributed by atoms with E-state index < -0.39 is 5.41 Å². The van der Waals surface area contributed by atoms with Crippen molar-refractivity contribution in [2.45, 2.75) is 45.8 Å². The number of pyridine rings is 1. The van der Waals surface area contributed by atoms with Crippen molar-refractivity contribution in [1.82, 2.24) is 9.47 Å². The number of aryl methyl sites for hydroxylation is 1. The van der Waals surface area contributed by atoms with Crippen LogP contribution < -0.4 is 5.56 Å². The lowest BCUT2D eigenvalue weighted by molar-refractivity contribution is 0.000797. The third kappa shape index (κ3) is 7.05. The molecular formula is C29H32FN3O3. The maximum absolute atomic E-state index is 12.5. The molecule has 2 atom stereocenters. The fourth-order valence-electron chi connectivity index (χ4n) is 4.03. The maximum Gasteiger partial charge on any atom is 0.410 e. The first-order valence-electron chi connectivity index (χ1n) is 12.0. The van der Waals surface area contributed by atoms with Crippen molar-refractivity contribution >= 4 is 6.09 Å². The minimum atomic E-state index is -0.507. The number of cyclic esters (lactones) is 1. The van der Waals surface area contributed by atoms with Crippen LogP contribution in [0.15, 0.2) is 77.7 Å². The fraction of sp³-hybridized carbons (Fsp3) is 0.345. The van der Waals surface area contributed by atoms with Crippen molar-refractivity contribution in [2.75, 3.05) is 6.54 Å². The maximum atomic E-state index is 12.5. The monoisotopic (exact) mass is 489 g/mol. The molecule has 1 aliphatic rings. The van der Waals surface area contributed by atoms with E-state index in [2.05, 4.69) is 6.07 Å². The molecule has 7 heteroatoms. The highest BCUT2D eigenvalue weighted by Crippen LogP contribution is 2.31. The largest absolute Gasteiger partial charge is 0.446 e. The molecule has 188 valence electrons. The highest BCUT2D eigenvalue weighted by Gasteiger charge is 2.34. The molecule has 0 spiro atoms. The van der Waals surface area contributed by atoms with Crippen LogP contribution >= 0.6 is 0 Å². The summed E-state index contributed by atoms with van der Waals surface area (Å²) < 4.78 is 19.0. The number of halogens is 1. The molecule has 1 aliphatic heterocycles. The van der Waals surface area contributed by atoms with E-state index in [-0.39, 0.29) is 29.6 Å². The minimum Gasteiger partial charge on any atom is -0.446 e. The number of rotatable bonds is 5. The van der Waals surface area contributed by atoms with Crippen LogP contribution in [-0.2, 0) is 11.8 Å². The zero-order valence-electron chi connectivity index (χ0n) is 21.1. The zero-order chi connectivity index (χ0) is 26.3. The third-order valence-electron chi connectivity index (χ3n) is 6.27. The lowest BCUT2D eigenvalue weighted by atomic mass is 9.87. The summed E-state index contributed by atoms with van der Waals surface area (Å²) in [5.74, 6) is -0.178. The highest BCUT2D eigenvalue weighted by molar-refractivity contribution is 5.69. The van der Waals surface area contributed by atoms with E-state index in [1.54, 1.807) is 42.4 Å². The molecule has 2 unspecified atom stereocenters. The Morgan fingerprint density at radius 2 is 1.75 bits per heavy atom. The second-order valence-electron chi connectivity index (χ2n) is 9.65. The Labute approximate surface area is 211 Å². The molecule has 2 aromatic carbocycles. The van der Waals surface area contributed by atoms with Gasteiger partial charge in [-0.15, -0.1) is 0 Å². The molecule has 1 fully saturated rings. The van der Waals surface area contributed by atoms with Crippen LogP contribution in [0, 0.1) is 22.6 Å². The van der Waals surface area contributed by atoms with Gasteiger partial charge in [0.25, 0.3) is 5.56 Å². The summed E-state index contributed by atoms with van der Waals surface area (Å²) >= 11 is 0. The van der Waals surface area contributed by atoms with E-state index >= 15 is 0 Å². The van der Waals surface area contributed by atoms with Gasteiger partial charge in [0.05, 0.1) is 17.5 Å². The molecule has 36 heavy (non-hydrogen) atoms. The molecule has 1 aromatic heterocycles. The molecule has 0 radical (unpaired) electrons. The Kier molecular flexibility index (Phi) is 8.65. The molecule has 6 nitrogen and oxygen atoms in total. The molecule has 0 aliphatic carbocycles. The van der Waals surface area contributed by atoms with Gasteiger partial charge in [-0.05, 0) is 55.7 Å². The zero-order valence-corrected chi connectivity index (χ0v) is 21.1. The first kappa shape index (κ1) is 26.7. The molecule has 1 saturated heterocycles. The van der Waals surface area contributed by atoms with Gasteiger partial charge in [0, 0.05) is 38.7 Å².